The molecule has 7 nitrogen and oxygen atoms in total. The Balaban J connectivity index is 1.62. The van der Waals surface area contributed by atoms with Crippen LogP contribution in [0.15, 0.2) is 40.6 Å². The van der Waals surface area contributed by atoms with Gasteiger partial charge in [-0.05, 0) is 70.0 Å². The van der Waals surface area contributed by atoms with E-state index in [4.69, 9.17) is 4.74 Å². The molecule has 2 atom stereocenters. The number of nitrogens with one attached hydrogen (secondary N) is 2. The summed E-state index contributed by atoms with van der Waals surface area (Å²) in [5, 5.41) is 6.42. The van der Waals surface area contributed by atoms with Crippen LogP contribution in [-0.2, 0) is 16.6 Å². The van der Waals surface area contributed by atoms with E-state index < -0.39 is 17.5 Å². The number of hydrogen-bond acceptors (Lipinski definition) is 5. The van der Waals surface area contributed by atoms with Gasteiger partial charge in [0, 0.05) is 36.3 Å². The van der Waals surface area contributed by atoms with E-state index in [0.29, 0.717) is 29.8 Å². The zero-order valence-electron chi connectivity index (χ0n) is 17.6. The van der Waals surface area contributed by atoms with Crippen molar-refractivity contribution in [2.24, 2.45) is 13.0 Å². The number of aryl methyl sites for hydroxylation is 1. The summed E-state index contributed by atoms with van der Waals surface area (Å²) in [4.78, 5) is 29.7. The Morgan fingerprint density at radius 3 is 2.73 bits per heavy atom. The highest BCUT2D eigenvalue weighted by molar-refractivity contribution is 7.99. The highest BCUT2D eigenvalue weighted by Crippen LogP contribution is 2.34. The third kappa shape index (κ3) is 5.98. The molecule has 0 saturated heterocycles. The molecule has 9 heteroatoms. The summed E-state index contributed by atoms with van der Waals surface area (Å²) < 4.78 is 21.0. The van der Waals surface area contributed by atoms with E-state index in [1.54, 1.807) is 33.0 Å². The third-order valence-corrected chi connectivity index (χ3v) is 5.85. The number of halogens is 1. The minimum absolute atomic E-state index is 0.121. The number of anilines is 1. The van der Waals surface area contributed by atoms with Crippen LogP contribution < -0.4 is 10.6 Å². The van der Waals surface area contributed by atoms with Gasteiger partial charge >= 0.3 is 6.09 Å². The van der Waals surface area contributed by atoms with Gasteiger partial charge in [0.1, 0.15) is 11.4 Å². The van der Waals surface area contributed by atoms with Crippen molar-refractivity contribution in [2.45, 2.75) is 61.7 Å². The van der Waals surface area contributed by atoms with E-state index in [2.05, 4.69) is 15.6 Å². The Labute approximate surface area is 179 Å². The van der Waals surface area contributed by atoms with Crippen molar-refractivity contribution in [1.82, 2.24) is 14.9 Å². The van der Waals surface area contributed by atoms with E-state index in [0.717, 1.165) is 5.16 Å². The topological polar surface area (TPSA) is 85.3 Å². The lowest BCUT2D eigenvalue weighted by Gasteiger charge is -2.21. The van der Waals surface area contributed by atoms with Crippen molar-refractivity contribution >= 4 is 29.4 Å². The van der Waals surface area contributed by atoms with Crippen molar-refractivity contribution < 1.29 is 18.7 Å². The Morgan fingerprint density at radius 1 is 1.30 bits per heavy atom. The molecule has 0 bridgehead atoms. The molecule has 0 unspecified atom stereocenters. The monoisotopic (exact) mass is 434 g/mol. The summed E-state index contributed by atoms with van der Waals surface area (Å²) in [7, 11) is 1.87. The molecule has 0 radical (unpaired) electrons. The highest BCUT2D eigenvalue weighted by Gasteiger charge is 2.32. The van der Waals surface area contributed by atoms with E-state index in [-0.39, 0.29) is 17.9 Å². The first-order valence-electron chi connectivity index (χ1n) is 9.86. The van der Waals surface area contributed by atoms with Crippen LogP contribution in [0.5, 0.6) is 0 Å². The molecular formula is C21H27FN4O3S. The average molecular weight is 435 g/mol. The molecule has 2 aromatic rings. The van der Waals surface area contributed by atoms with Gasteiger partial charge < -0.3 is 19.9 Å². The molecule has 2 amide bonds. The van der Waals surface area contributed by atoms with Crippen molar-refractivity contribution in [3.05, 3.63) is 36.4 Å². The number of carbonyl (C=O) groups is 2. The smallest absolute Gasteiger partial charge is 0.407 e. The molecule has 0 spiro atoms. The average Bonchev–Trinajstić information content (AvgIpc) is 3.25. The van der Waals surface area contributed by atoms with Gasteiger partial charge in [-0.2, -0.15) is 0 Å². The van der Waals surface area contributed by atoms with Crippen LogP contribution >= 0.6 is 11.8 Å². The first kappa shape index (κ1) is 22.1. The summed E-state index contributed by atoms with van der Waals surface area (Å²) >= 11 is 1.35. The minimum Gasteiger partial charge on any atom is -0.444 e. The van der Waals surface area contributed by atoms with E-state index in [1.807, 2.05) is 17.8 Å². The summed E-state index contributed by atoms with van der Waals surface area (Å²) in [5.41, 5.74) is -0.158. The zero-order valence-corrected chi connectivity index (χ0v) is 18.4. The van der Waals surface area contributed by atoms with Gasteiger partial charge in [0.05, 0.1) is 5.69 Å². The highest BCUT2D eigenvalue weighted by atomic mass is 32.2. The van der Waals surface area contributed by atoms with Crippen molar-refractivity contribution in [3.63, 3.8) is 0 Å². The lowest BCUT2D eigenvalue weighted by Crippen LogP contribution is -2.38. The molecule has 1 fully saturated rings. The first-order valence-corrected chi connectivity index (χ1v) is 10.7. The standard InChI is InChI=1S/C21H27FN4O3S/c1-21(2,3)29-20(28)24-15-7-5-13(11-15)18(27)25-16-12-14(22)6-8-17(16)30-19-23-9-10-26(19)4/h6,8-10,12-13,15H,5,7,11H2,1-4H3,(H,24,28)(H,25,27)/t13-,15-/m1/s1. The molecule has 3 rings (SSSR count). The Hall–Kier alpha value is -2.55. The maximum Gasteiger partial charge on any atom is 0.407 e. The van der Waals surface area contributed by atoms with Crippen LogP contribution in [0.1, 0.15) is 40.0 Å². The number of hydrogen-bond donors (Lipinski definition) is 2. The van der Waals surface area contributed by atoms with Gasteiger partial charge in [-0.15, -0.1) is 0 Å². The zero-order chi connectivity index (χ0) is 21.9. The third-order valence-electron chi connectivity index (χ3n) is 4.70. The second kappa shape index (κ2) is 9.07. The van der Waals surface area contributed by atoms with Gasteiger partial charge in [-0.25, -0.2) is 14.2 Å². The van der Waals surface area contributed by atoms with E-state index in [1.165, 1.54) is 23.9 Å². The Bertz CT molecular complexity index is 925. The number of rotatable bonds is 5. The van der Waals surface area contributed by atoms with Gasteiger partial charge in [0.2, 0.25) is 5.91 Å². The number of benzene rings is 1. The van der Waals surface area contributed by atoms with Gasteiger partial charge in [0.15, 0.2) is 5.16 Å². The Kier molecular flexibility index (Phi) is 6.70. The fraction of sp³-hybridized carbons (Fsp3) is 0.476. The number of nitrogens with zero attached hydrogens (tertiary/aromatic N) is 2. The SMILES string of the molecule is Cn1ccnc1Sc1ccc(F)cc1NC(=O)[C@@H]1CC[C@@H](NC(=O)OC(C)(C)C)C1. The maximum absolute atomic E-state index is 13.8. The van der Waals surface area contributed by atoms with Gasteiger partial charge in [-0.3, -0.25) is 4.79 Å². The molecule has 2 N–H and O–H groups in total. The van der Waals surface area contributed by atoms with E-state index in [9.17, 15) is 14.0 Å². The normalized spacial score (nSPS) is 18.8. The molecular weight excluding hydrogens is 407 g/mol. The number of amides is 2. The number of alkyl carbamates (subject to hydrolysis) is 1. The van der Waals surface area contributed by atoms with Gasteiger partial charge in [0.25, 0.3) is 0 Å². The van der Waals surface area contributed by atoms with Crippen LogP contribution in [0.2, 0.25) is 0 Å². The lowest BCUT2D eigenvalue weighted by atomic mass is 10.1. The lowest BCUT2D eigenvalue weighted by molar-refractivity contribution is -0.119. The van der Waals surface area contributed by atoms with Crippen LogP contribution in [0.4, 0.5) is 14.9 Å². The second-order valence-electron chi connectivity index (χ2n) is 8.41. The molecule has 1 aliphatic carbocycles. The molecule has 1 aromatic carbocycles. The number of carbonyl (C=O) groups excluding carboxylic acids is 2. The van der Waals surface area contributed by atoms with Gasteiger partial charge in [-0.1, -0.05) is 0 Å². The minimum atomic E-state index is -0.571. The fourth-order valence-electron chi connectivity index (χ4n) is 3.30. The number of imidazole rings is 1. The summed E-state index contributed by atoms with van der Waals surface area (Å²) in [6.07, 6.45) is 4.87. The molecule has 162 valence electrons. The molecule has 1 aliphatic rings. The van der Waals surface area contributed by atoms with Crippen molar-refractivity contribution in [1.29, 1.82) is 0 Å². The predicted octanol–water partition coefficient (Wildman–Crippen LogP) is 4.34. The molecule has 1 heterocycles. The van der Waals surface area contributed by atoms with Crippen LogP contribution in [0, 0.1) is 11.7 Å². The van der Waals surface area contributed by atoms with Crippen LogP contribution in [0.3, 0.4) is 0 Å². The first-order chi connectivity index (χ1) is 14.1. The predicted molar refractivity (Wildman–Crippen MR) is 113 cm³/mol. The maximum atomic E-state index is 13.8. The van der Waals surface area contributed by atoms with Crippen LogP contribution in [-0.4, -0.2) is 33.2 Å². The largest absolute Gasteiger partial charge is 0.444 e. The molecule has 30 heavy (non-hydrogen) atoms. The molecule has 1 saturated carbocycles. The summed E-state index contributed by atoms with van der Waals surface area (Å²) in [5.74, 6) is -0.875. The second-order valence-corrected chi connectivity index (χ2v) is 9.41. The number of aromatic nitrogens is 2. The quantitative estimate of drug-likeness (QED) is 0.731. The molecule has 0 aliphatic heterocycles. The molecule has 1 aromatic heterocycles. The van der Waals surface area contributed by atoms with Crippen molar-refractivity contribution in [3.8, 4) is 0 Å². The summed E-state index contributed by atoms with van der Waals surface area (Å²) in [6, 6.07) is 4.18. The van der Waals surface area contributed by atoms with E-state index >= 15 is 0 Å². The number of ether oxygens (including phenoxy) is 1. The van der Waals surface area contributed by atoms with Crippen molar-refractivity contribution in [2.75, 3.05) is 5.32 Å². The van der Waals surface area contributed by atoms with Crippen LogP contribution in [0.25, 0.3) is 0 Å². The fourth-order valence-corrected chi connectivity index (χ4v) is 4.17. The Morgan fingerprint density at radius 2 is 2.07 bits per heavy atom. The summed E-state index contributed by atoms with van der Waals surface area (Å²) in [6.45, 7) is 5.41.